The molecule has 0 aromatic heterocycles. The maximum atomic E-state index is 12.0. The summed E-state index contributed by atoms with van der Waals surface area (Å²) in [6.45, 7) is 7.47. The lowest BCUT2D eigenvalue weighted by molar-refractivity contribution is 0.172. The van der Waals surface area contributed by atoms with Crippen molar-refractivity contribution in [2.24, 2.45) is 5.92 Å². The number of nitrogens with one attached hydrogen (secondary N) is 1. The molecule has 1 fully saturated rings. The van der Waals surface area contributed by atoms with Crippen molar-refractivity contribution in [3.8, 4) is 11.5 Å². The van der Waals surface area contributed by atoms with Crippen molar-refractivity contribution in [3.05, 3.63) is 24.3 Å². The Balaban J connectivity index is 1.66. The zero-order valence-corrected chi connectivity index (χ0v) is 13.5. The molecule has 5 heteroatoms. The minimum atomic E-state index is 0.0126. The summed E-state index contributed by atoms with van der Waals surface area (Å²) in [5, 5.41) is 2.91. The van der Waals surface area contributed by atoms with Crippen LogP contribution < -0.4 is 14.8 Å². The van der Waals surface area contributed by atoms with Crippen LogP contribution in [0.15, 0.2) is 24.3 Å². The van der Waals surface area contributed by atoms with E-state index in [1.54, 1.807) is 0 Å². The Bertz CT molecular complexity index is 471. The third-order valence-corrected chi connectivity index (χ3v) is 3.83. The quantitative estimate of drug-likeness (QED) is 0.822. The first kappa shape index (κ1) is 16.5. The van der Waals surface area contributed by atoms with E-state index in [4.69, 9.17) is 9.47 Å². The van der Waals surface area contributed by atoms with Gasteiger partial charge in [-0.25, -0.2) is 4.79 Å². The van der Waals surface area contributed by atoms with Gasteiger partial charge in [-0.2, -0.15) is 0 Å². The monoisotopic (exact) mass is 306 g/mol. The third-order valence-electron chi connectivity index (χ3n) is 3.83. The zero-order valence-electron chi connectivity index (χ0n) is 13.5. The van der Waals surface area contributed by atoms with Gasteiger partial charge in [-0.15, -0.1) is 0 Å². The molecule has 5 nitrogen and oxygen atoms in total. The number of urea groups is 1. The molecule has 1 saturated heterocycles. The lowest BCUT2D eigenvalue weighted by atomic mass is 10.00. The van der Waals surface area contributed by atoms with Gasteiger partial charge in [-0.05, 0) is 37.8 Å². The molecule has 2 rings (SSSR count). The van der Waals surface area contributed by atoms with Crippen LogP contribution in [0.1, 0.15) is 26.7 Å². The van der Waals surface area contributed by atoms with Crippen molar-refractivity contribution in [1.29, 1.82) is 0 Å². The first-order valence-corrected chi connectivity index (χ1v) is 8.07. The van der Waals surface area contributed by atoms with Crippen LogP contribution >= 0.6 is 0 Å². The SMILES string of the molecule is CCOc1cccc(OCCNC(=O)N2CCC(C)CC2)c1. The maximum Gasteiger partial charge on any atom is 0.317 e. The van der Waals surface area contributed by atoms with Gasteiger partial charge < -0.3 is 19.7 Å². The third kappa shape index (κ3) is 5.13. The highest BCUT2D eigenvalue weighted by atomic mass is 16.5. The highest BCUT2D eigenvalue weighted by Crippen LogP contribution is 2.19. The first-order valence-electron chi connectivity index (χ1n) is 8.07. The number of hydrogen-bond donors (Lipinski definition) is 1. The molecule has 0 unspecified atom stereocenters. The van der Waals surface area contributed by atoms with Gasteiger partial charge in [-0.3, -0.25) is 0 Å². The molecule has 1 N–H and O–H groups in total. The molecule has 0 spiro atoms. The average Bonchev–Trinajstić information content (AvgIpc) is 2.53. The number of amides is 2. The van der Waals surface area contributed by atoms with E-state index in [1.165, 1.54) is 0 Å². The minimum Gasteiger partial charge on any atom is -0.494 e. The highest BCUT2D eigenvalue weighted by molar-refractivity contribution is 5.74. The Morgan fingerprint density at radius 3 is 2.64 bits per heavy atom. The lowest BCUT2D eigenvalue weighted by Gasteiger charge is -2.30. The number of carbonyl (C=O) groups is 1. The van der Waals surface area contributed by atoms with Crippen LogP contribution in [0.3, 0.4) is 0 Å². The highest BCUT2D eigenvalue weighted by Gasteiger charge is 2.19. The van der Waals surface area contributed by atoms with Crippen molar-refractivity contribution >= 4 is 6.03 Å². The Kier molecular flexibility index (Phi) is 6.37. The summed E-state index contributed by atoms with van der Waals surface area (Å²) >= 11 is 0. The number of ether oxygens (including phenoxy) is 2. The average molecular weight is 306 g/mol. The molecular formula is C17H26N2O3. The predicted molar refractivity (Wildman–Crippen MR) is 86.5 cm³/mol. The number of nitrogens with zero attached hydrogens (tertiary/aromatic N) is 1. The van der Waals surface area contributed by atoms with Gasteiger partial charge in [0.15, 0.2) is 0 Å². The lowest BCUT2D eigenvalue weighted by Crippen LogP contribution is -2.45. The number of piperidine rings is 1. The predicted octanol–water partition coefficient (Wildman–Crippen LogP) is 2.91. The van der Waals surface area contributed by atoms with Gasteiger partial charge in [-0.1, -0.05) is 13.0 Å². The van der Waals surface area contributed by atoms with Gasteiger partial charge in [0.2, 0.25) is 0 Å². The van der Waals surface area contributed by atoms with Crippen molar-refractivity contribution < 1.29 is 14.3 Å². The van der Waals surface area contributed by atoms with Crippen molar-refractivity contribution in [2.45, 2.75) is 26.7 Å². The van der Waals surface area contributed by atoms with Gasteiger partial charge in [0.25, 0.3) is 0 Å². The molecule has 1 aromatic carbocycles. The Hall–Kier alpha value is -1.91. The molecule has 0 saturated carbocycles. The molecule has 0 bridgehead atoms. The molecule has 0 aliphatic carbocycles. The Morgan fingerprint density at radius 2 is 1.95 bits per heavy atom. The summed E-state index contributed by atoms with van der Waals surface area (Å²) in [4.78, 5) is 13.9. The van der Waals surface area contributed by atoms with Gasteiger partial charge in [0.05, 0.1) is 13.2 Å². The van der Waals surface area contributed by atoms with Gasteiger partial charge in [0.1, 0.15) is 18.1 Å². The summed E-state index contributed by atoms with van der Waals surface area (Å²) in [5.41, 5.74) is 0. The molecule has 122 valence electrons. The topological polar surface area (TPSA) is 50.8 Å². The second-order valence-corrected chi connectivity index (χ2v) is 5.66. The maximum absolute atomic E-state index is 12.0. The number of carbonyl (C=O) groups excluding carboxylic acids is 1. The number of rotatable bonds is 6. The minimum absolute atomic E-state index is 0.0126. The van der Waals surface area contributed by atoms with Gasteiger partial charge in [0, 0.05) is 19.2 Å². The molecule has 1 aliphatic rings. The molecule has 1 aromatic rings. The molecule has 1 heterocycles. The first-order chi connectivity index (χ1) is 10.7. The number of benzene rings is 1. The smallest absolute Gasteiger partial charge is 0.317 e. The van der Waals surface area contributed by atoms with E-state index >= 15 is 0 Å². The van der Waals surface area contributed by atoms with E-state index in [9.17, 15) is 4.79 Å². The molecule has 2 amide bonds. The Morgan fingerprint density at radius 1 is 1.27 bits per heavy atom. The molecule has 1 aliphatic heterocycles. The summed E-state index contributed by atoms with van der Waals surface area (Å²) in [6.07, 6.45) is 2.18. The van der Waals surface area contributed by atoms with Crippen LogP contribution in [0.2, 0.25) is 0 Å². The fourth-order valence-corrected chi connectivity index (χ4v) is 2.47. The Labute approximate surface area is 132 Å². The fraction of sp³-hybridized carbons (Fsp3) is 0.588. The van der Waals surface area contributed by atoms with E-state index in [0.717, 1.165) is 43.3 Å². The van der Waals surface area contributed by atoms with Crippen LogP contribution in [0.25, 0.3) is 0 Å². The second-order valence-electron chi connectivity index (χ2n) is 5.66. The van der Waals surface area contributed by atoms with E-state index in [0.29, 0.717) is 19.8 Å². The second kappa shape index (κ2) is 8.51. The van der Waals surface area contributed by atoms with Crippen LogP contribution in [0.4, 0.5) is 4.79 Å². The van der Waals surface area contributed by atoms with E-state index < -0.39 is 0 Å². The summed E-state index contributed by atoms with van der Waals surface area (Å²) in [5.74, 6) is 2.28. The molecule has 0 radical (unpaired) electrons. The fourth-order valence-electron chi connectivity index (χ4n) is 2.47. The van der Waals surface area contributed by atoms with Crippen LogP contribution in [0.5, 0.6) is 11.5 Å². The normalized spacial score (nSPS) is 15.5. The van der Waals surface area contributed by atoms with Crippen molar-refractivity contribution in [1.82, 2.24) is 10.2 Å². The van der Waals surface area contributed by atoms with E-state index in [2.05, 4.69) is 12.2 Å². The summed E-state index contributed by atoms with van der Waals surface area (Å²) in [7, 11) is 0. The molecular weight excluding hydrogens is 280 g/mol. The number of likely N-dealkylation sites (tertiary alicyclic amines) is 1. The van der Waals surface area contributed by atoms with Crippen LogP contribution in [-0.2, 0) is 0 Å². The molecule has 0 atom stereocenters. The van der Waals surface area contributed by atoms with Crippen molar-refractivity contribution in [3.63, 3.8) is 0 Å². The van der Waals surface area contributed by atoms with Gasteiger partial charge >= 0.3 is 6.03 Å². The molecule has 22 heavy (non-hydrogen) atoms. The standard InChI is InChI=1S/C17H26N2O3/c1-3-21-15-5-4-6-16(13-15)22-12-9-18-17(20)19-10-7-14(2)8-11-19/h4-6,13-14H,3,7-12H2,1-2H3,(H,18,20). The summed E-state index contributed by atoms with van der Waals surface area (Å²) < 4.78 is 11.1. The van der Waals surface area contributed by atoms with Crippen LogP contribution in [0, 0.1) is 5.92 Å². The van der Waals surface area contributed by atoms with E-state index in [1.807, 2.05) is 36.1 Å². The summed E-state index contributed by atoms with van der Waals surface area (Å²) in [6, 6.07) is 7.55. The van der Waals surface area contributed by atoms with Crippen LogP contribution in [-0.4, -0.2) is 43.8 Å². The van der Waals surface area contributed by atoms with Crippen molar-refractivity contribution in [2.75, 3.05) is 32.8 Å². The van der Waals surface area contributed by atoms with E-state index in [-0.39, 0.29) is 6.03 Å². The largest absolute Gasteiger partial charge is 0.494 e. The zero-order chi connectivity index (χ0) is 15.8. The number of hydrogen-bond acceptors (Lipinski definition) is 3.